The van der Waals surface area contributed by atoms with E-state index in [1.165, 1.54) is 19.3 Å². The number of carbonyl (C=O) groups excluding carboxylic acids is 4. The lowest BCUT2D eigenvalue weighted by Crippen LogP contribution is -2.30. The summed E-state index contributed by atoms with van der Waals surface area (Å²) >= 11 is 0. The van der Waals surface area contributed by atoms with Crippen LogP contribution in [0.15, 0.2) is 194 Å². The number of phosphoric ester groups is 2. The quantitative estimate of drug-likeness (QED) is 0.0169. The number of hydrogen-bond donors (Lipinski definition) is 3. The molecule has 19 heteroatoms. The highest BCUT2D eigenvalue weighted by atomic mass is 31.2. The van der Waals surface area contributed by atoms with Crippen molar-refractivity contribution in [3.05, 3.63) is 194 Å². The molecular weight excluding hydrogens is 1380 g/mol. The first kappa shape index (κ1) is 99.9. The van der Waals surface area contributed by atoms with Gasteiger partial charge >= 0.3 is 39.5 Å². The summed E-state index contributed by atoms with van der Waals surface area (Å²) in [4.78, 5) is 73.0. The van der Waals surface area contributed by atoms with Gasteiger partial charge in [-0.15, -0.1) is 0 Å². The third kappa shape index (κ3) is 76.1. The topological polar surface area (TPSA) is 237 Å². The van der Waals surface area contributed by atoms with Gasteiger partial charge in [-0.3, -0.25) is 37.3 Å². The minimum Gasteiger partial charge on any atom is -0.462 e. The van der Waals surface area contributed by atoms with Crippen molar-refractivity contribution >= 4 is 39.5 Å². The maximum atomic E-state index is 13.1. The molecule has 0 aromatic carbocycles. The second kappa shape index (κ2) is 77.1. The molecular formula is C87H138O17P2. The summed E-state index contributed by atoms with van der Waals surface area (Å²) in [5, 5.41) is 10.6. The van der Waals surface area contributed by atoms with Gasteiger partial charge in [0.1, 0.15) is 19.3 Å². The molecule has 0 aromatic heterocycles. The fraction of sp³-hybridized carbons (Fsp3) is 0.586. The monoisotopic (exact) mass is 1520 g/mol. The summed E-state index contributed by atoms with van der Waals surface area (Å²) in [6, 6.07) is 0. The average molecular weight is 1520 g/mol. The molecule has 0 amide bonds. The summed E-state index contributed by atoms with van der Waals surface area (Å²) in [5.41, 5.74) is 0. The van der Waals surface area contributed by atoms with Crippen molar-refractivity contribution < 1.29 is 80.2 Å². The Morgan fingerprint density at radius 1 is 0.283 bits per heavy atom. The molecule has 0 spiro atoms. The number of phosphoric acid groups is 2. The second-order valence-electron chi connectivity index (χ2n) is 25.5. The van der Waals surface area contributed by atoms with Gasteiger partial charge in [-0.2, -0.15) is 0 Å². The van der Waals surface area contributed by atoms with Crippen LogP contribution in [0.5, 0.6) is 0 Å². The molecule has 0 bridgehead atoms. The van der Waals surface area contributed by atoms with Gasteiger partial charge < -0.3 is 33.8 Å². The Labute approximate surface area is 640 Å². The second-order valence-corrected chi connectivity index (χ2v) is 28.4. The Morgan fingerprint density at radius 2 is 0.538 bits per heavy atom. The van der Waals surface area contributed by atoms with E-state index in [0.717, 1.165) is 167 Å². The van der Waals surface area contributed by atoms with E-state index in [2.05, 4.69) is 186 Å². The standard InChI is InChI=1S/C87H138O17P2/c1-5-9-13-17-21-25-29-33-37-39-40-42-46-48-52-56-60-64-68-72-85(90)98-78-83(104-87(92)74-70-66-62-58-54-50-44-36-32-28-24-20-16-12-8-4)80-102-106(95,96)100-76-81(88)75-99-105(93,94)101-79-82(103-86(91)73-69-65-61-57-53-49-43-35-31-27-23-19-15-11-7-3)77-97-84(89)71-67-63-59-55-51-47-45-41-38-34-30-26-22-18-14-10-6-2/h10-12,14-16,21-28,33-38,40,42-45,47,53,55,57,59,65,69,81-83,88H,5-9,13,17-20,29-32,39,41,46,48-52,54,56,58,60-64,66-68,70-80H2,1-4H3,(H,93,94)(H,95,96)/b14-10-,15-11-,16-12-,25-21-,26-22-,27-23-,28-24-,37-33-,38-34-,42-40-,43-35-,44-36-,47-45-,57-53-,59-55-,69-65-. The average Bonchev–Trinajstić information content (AvgIpc) is 0.928. The van der Waals surface area contributed by atoms with E-state index < -0.39 is 97.5 Å². The van der Waals surface area contributed by atoms with Gasteiger partial charge in [-0.05, 0) is 161 Å². The molecule has 0 aromatic rings. The third-order valence-corrected chi connectivity index (χ3v) is 17.5. The minimum absolute atomic E-state index is 0.0553. The van der Waals surface area contributed by atoms with Crippen LogP contribution >= 0.6 is 15.6 Å². The molecule has 598 valence electrons. The first-order chi connectivity index (χ1) is 51.7. The number of aliphatic hydroxyl groups excluding tert-OH is 1. The highest BCUT2D eigenvalue weighted by Crippen LogP contribution is 2.45. The van der Waals surface area contributed by atoms with Gasteiger partial charge in [-0.1, -0.05) is 280 Å². The van der Waals surface area contributed by atoms with Crippen molar-refractivity contribution in [2.24, 2.45) is 0 Å². The zero-order valence-electron chi connectivity index (χ0n) is 65.3. The summed E-state index contributed by atoms with van der Waals surface area (Å²) in [7, 11) is -10.0. The summed E-state index contributed by atoms with van der Waals surface area (Å²) in [5.74, 6) is -2.45. The molecule has 0 rings (SSSR count). The van der Waals surface area contributed by atoms with Crippen LogP contribution in [0.1, 0.15) is 272 Å². The molecule has 0 radical (unpaired) electrons. The SMILES string of the molecule is CC/C=C\C/C=C\C/C=C\C/C=C\C/C=C\CCCC(=O)OCC(COP(=O)(O)OCC(O)COP(=O)(O)OCC(COC(=O)CCCCCCCC/C=C\C/C=C\C/C=C\CCCCC)OC(=O)CCCCCCC/C=C\C/C=C\C/C=C\CC)OC(=O)C/C=C\C/C=C\C/C=C\C/C=C\C/C=C\CC. The number of aliphatic hydroxyl groups is 1. The van der Waals surface area contributed by atoms with Crippen molar-refractivity contribution in [3.63, 3.8) is 0 Å². The lowest BCUT2D eigenvalue weighted by Gasteiger charge is -2.21. The summed E-state index contributed by atoms with van der Waals surface area (Å²) in [6.07, 6.45) is 94.5. The van der Waals surface area contributed by atoms with E-state index in [1.807, 2.05) is 24.3 Å². The predicted molar refractivity (Wildman–Crippen MR) is 436 cm³/mol. The predicted octanol–water partition coefficient (Wildman–Crippen LogP) is 23.3. The number of rotatable bonds is 72. The van der Waals surface area contributed by atoms with Gasteiger partial charge in [0.2, 0.25) is 0 Å². The Balaban J connectivity index is 5.52. The molecule has 106 heavy (non-hydrogen) atoms. The Kier molecular flexibility index (Phi) is 72.6. The Hall–Kier alpha value is -6.10. The molecule has 0 aliphatic carbocycles. The van der Waals surface area contributed by atoms with Crippen LogP contribution in [0.2, 0.25) is 0 Å². The van der Waals surface area contributed by atoms with E-state index in [0.29, 0.717) is 32.1 Å². The zero-order chi connectivity index (χ0) is 77.4. The van der Waals surface area contributed by atoms with E-state index in [4.69, 9.17) is 37.0 Å². The van der Waals surface area contributed by atoms with Crippen LogP contribution in [-0.4, -0.2) is 96.7 Å². The molecule has 0 fully saturated rings. The molecule has 0 aliphatic heterocycles. The van der Waals surface area contributed by atoms with Crippen molar-refractivity contribution in [3.8, 4) is 0 Å². The first-order valence-electron chi connectivity index (χ1n) is 39.7. The van der Waals surface area contributed by atoms with Gasteiger partial charge in [-0.25, -0.2) is 9.13 Å². The van der Waals surface area contributed by atoms with Crippen LogP contribution in [0.4, 0.5) is 0 Å². The van der Waals surface area contributed by atoms with Crippen LogP contribution in [0, 0.1) is 0 Å². The number of carbonyl (C=O) groups is 4. The molecule has 3 N–H and O–H groups in total. The smallest absolute Gasteiger partial charge is 0.462 e. The number of unbranched alkanes of at least 4 members (excludes halogenated alkanes) is 15. The number of esters is 4. The maximum Gasteiger partial charge on any atom is 0.472 e. The van der Waals surface area contributed by atoms with Gasteiger partial charge in [0.05, 0.1) is 32.8 Å². The largest absolute Gasteiger partial charge is 0.472 e. The van der Waals surface area contributed by atoms with Crippen molar-refractivity contribution in [1.82, 2.24) is 0 Å². The summed E-state index contributed by atoms with van der Waals surface area (Å²) < 4.78 is 68.4. The van der Waals surface area contributed by atoms with E-state index in [1.54, 1.807) is 12.2 Å². The zero-order valence-corrected chi connectivity index (χ0v) is 67.1. The van der Waals surface area contributed by atoms with Crippen molar-refractivity contribution in [1.29, 1.82) is 0 Å². The Bertz CT molecular complexity index is 2780. The summed E-state index contributed by atoms with van der Waals surface area (Å²) in [6.45, 7) is 4.26. The first-order valence-corrected chi connectivity index (χ1v) is 42.7. The normalized spacial score (nSPS) is 14.9. The van der Waals surface area contributed by atoms with Gasteiger partial charge in [0, 0.05) is 19.3 Å². The van der Waals surface area contributed by atoms with Gasteiger partial charge in [0.25, 0.3) is 0 Å². The van der Waals surface area contributed by atoms with E-state index in [9.17, 15) is 43.2 Å². The molecule has 5 atom stereocenters. The van der Waals surface area contributed by atoms with Crippen molar-refractivity contribution in [2.75, 3.05) is 39.6 Å². The molecule has 0 aliphatic rings. The number of hydrogen-bond acceptors (Lipinski definition) is 15. The highest BCUT2D eigenvalue weighted by molar-refractivity contribution is 7.47. The third-order valence-electron chi connectivity index (χ3n) is 15.6. The van der Waals surface area contributed by atoms with E-state index in [-0.39, 0.29) is 25.7 Å². The van der Waals surface area contributed by atoms with E-state index >= 15 is 0 Å². The fourth-order valence-corrected chi connectivity index (χ4v) is 11.2. The molecule has 5 unspecified atom stereocenters. The number of allylic oxidation sites excluding steroid dienone is 31. The van der Waals surface area contributed by atoms with Crippen LogP contribution < -0.4 is 0 Å². The van der Waals surface area contributed by atoms with Gasteiger partial charge in [0.15, 0.2) is 12.2 Å². The molecule has 17 nitrogen and oxygen atoms in total. The molecule has 0 heterocycles. The van der Waals surface area contributed by atoms with Crippen LogP contribution in [0.3, 0.4) is 0 Å². The minimum atomic E-state index is -5.03. The van der Waals surface area contributed by atoms with Crippen molar-refractivity contribution in [2.45, 2.75) is 290 Å². The lowest BCUT2D eigenvalue weighted by atomic mass is 10.1. The maximum absolute atomic E-state index is 13.1. The van der Waals surface area contributed by atoms with Crippen LogP contribution in [0.25, 0.3) is 0 Å². The highest BCUT2D eigenvalue weighted by Gasteiger charge is 2.30. The Morgan fingerprint density at radius 3 is 0.877 bits per heavy atom. The number of ether oxygens (including phenoxy) is 4. The fourth-order valence-electron chi connectivity index (χ4n) is 9.65. The van der Waals surface area contributed by atoms with Crippen LogP contribution in [-0.2, 0) is 65.4 Å². The lowest BCUT2D eigenvalue weighted by molar-refractivity contribution is -0.161. The molecule has 0 saturated carbocycles. The molecule has 0 saturated heterocycles.